The van der Waals surface area contributed by atoms with Crippen LogP contribution in [-0.2, 0) is 18.4 Å². The minimum atomic E-state index is -0.284. The third-order valence-corrected chi connectivity index (χ3v) is 3.44. The maximum Gasteiger partial charge on any atom is 0.230 e. The summed E-state index contributed by atoms with van der Waals surface area (Å²) in [7, 11) is 1.82. The molecule has 7 heteroatoms. The van der Waals surface area contributed by atoms with Gasteiger partial charge in [0.25, 0.3) is 0 Å². The third-order valence-electron chi connectivity index (χ3n) is 2.41. The summed E-state index contributed by atoms with van der Waals surface area (Å²) in [4.78, 5) is 11.6. The highest BCUT2D eigenvalue weighted by atomic mass is 32.2. The van der Waals surface area contributed by atoms with Crippen LogP contribution in [0.3, 0.4) is 0 Å². The standard InChI is InChI=1S/C12H13FN4OS/c1-17-8-15-16-12(17)19-7-11(18)14-6-9-2-4-10(13)5-3-9/h2-5,8H,6-7H2,1H3,(H,14,18). The highest BCUT2D eigenvalue weighted by Gasteiger charge is 2.06. The molecule has 2 rings (SSSR count). The SMILES string of the molecule is Cn1cnnc1SCC(=O)NCc1ccc(F)cc1. The van der Waals surface area contributed by atoms with Crippen molar-refractivity contribution in [3.63, 3.8) is 0 Å². The van der Waals surface area contributed by atoms with Gasteiger partial charge in [-0.3, -0.25) is 4.79 Å². The normalized spacial score (nSPS) is 10.4. The molecule has 0 saturated carbocycles. The maximum atomic E-state index is 12.7. The van der Waals surface area contributed by atoms with Gasteiger partial charge >= 0.3 is 0 Å². The molecule has 0 aliphatic heterocycles. The molecule has 1 heterocycles. The van der Waals surface area contributed by atoms with Gasteiger partial charge in [0, 0.05) is 13.6 Å². The lowest BCUT2D eigenvalue weighted by Crippen LogP contribution is -2.24. The molecule has 0 unspecified atom stereocenters. The van der Waals surface area contributed by atoms with Crippen molar-refractivity contribution in [2.24, 2.45) is 7.05 Å². The Morgan fingerprint density at radius 2 is 2.16 bits per heavy atom. The molecule has 0 fully saturated rings. The Balaban J connectivity index is 1.76. The lowest BCUT2D eigenvalue weighted by atomic mass is 10.2. The van der Waals surface area contributed by atoms with E-state index in [9.17, 15) is 9.18 Å². The molecule has 0 aliphatic carbocycles. The first kappa shape index (κ1) is 13.5. The zero-order chi connectivity index (χ0) is 13.7. The van der Waals surface area contributed by atoms with E-state index in [1.54, 1.807) is 23.0 Å². The van der Waals surface area contributed by atoms with E-state index in [1.807, 2.05) is 7.05 Å². The van der Waals surface area contributed by atoms with Crippen molar-refractivity contribution < 1.29 is 9.18 Å². The number of thioether (sulfide) groups is 1. The fraction of sp³-hybridized carbons (Fsp3) is 0.250. The minimum absolute atomic E-state index is 0.0997. The van der Waals surface area contributed by atoms with Gasteiger partial charge in [0.1, 0.15) is 12.1 Å². The molecule has 0 atom stereocenters. The van der Waals surface area contributed by atoms with Crippen molar-refractivity contribution in [3.05, 3.63) is 42.0 Å². The number of aromatic nitrogens is 3. The number of rotatable bonds is 5. The molecule has 1 N–H and O–H groups in total. The molecule has 5 nitrogen and oxygen atoms in total. The highest BCUT2D eigenvalue weighted by molar-refractivity contribution is 7.99. The van der Waals surface area contributed by atoms with E-state index in [4.69, 9.17) is 0 Å². The minimum Gasteiger partial charge on any atom is -0.351 e. The summed E-state index contributed by atoms with van der Waals surface area (Å²) in [5, 5.41) is 11.0. The molecule has 0 aliphatic rings. The van der Waals surface area contributed by atoms with Crippen LogP contribution in [-0.4, -0.2) is 26.4 Å². The van der Waals surface area contributed by atoms with Crippen LogP contribution in [0, 0.1) is 5.82 Å². The molecule has 1 aromatic carbocycles. The van der Waals surface area contributed by atoms with Crippen LogP contribution in [0.5, 0.6) is 0 Å². The quantitative estimate of drug-likeness (QED) is 0.840. The van der Waals surface area contributed by atoms with Crippen molar-refractivity contribution in [3.8, 4) is 0 Å². The van der Waals surface area contributed by atoms with Gasteiger partial charge in [0.2, 0.25) is 5.91 Å². The van der Waals surface area contributed by atoms with Crippen LogP contribution in [0.4, 0.5) is 4.39 Å². The number of halogens is 1. The molecular formula is C12H13FN4OS. The first-order chi connectivity index (χ1) is 9.15. The van der Waals surface area contributed by atoms with E-state index in [0.29, 0.717) is 11.7 Å². The Morgan fingerprint density at radius 1 is 1.42 bits per heavy atom. The largest absolute Gasteiger partial charge is 0.351 e. The lowest BCUT2D eigenvalue weighted by Gasteiger charge is -2.05. The van der Waals surface area contributed by atoms with Gasteiger partial charge in [-0.25, -0.2) is 4.39 Å². The molecule has 1 amide bonds. The van der Waals surface area contributed by atoms with Crippen molar-refractivity contribution in [2.75, 3.05) is 5.75 Å². The summed E-state index contributed by atoms with van der Waals surface area (Å²) in [5.74, 6) is -0.112. The summed E-state index contributed by atoms with van der Waals surface area (Å²) in [5.41, 5.74) is 0.860. The second-order valence-corrected chi connectivity index (χ2v) is 4.86. The number of amides is 1. The fourth-order valence-electron chi connectivity index (χ4n) is 1.39. The predicted octanol–water partition coefficient (Wildman–Crippen LogP) is 1.36. The van der Waals surface area contributed by atoms with Crippen LogP contribution >= 0.6 is 11.8 Å². The second kappa shape index (κ2) is 6.33. The molecule has 0 radical (unpaired) electrons. The number of hydrogen-bond donors (Lipinski definition) is 1. The molecule has 2 aromatic rings. The average Bonchev–Trinajstić information content (AvgIpc) is 2.81. The Hall–Kier alpha value is -1.89. The fourth-order valence-corrected chi connectivity index (χ4v) is 2.11. The first-order valence-corrected chi connectivity index (χ1v) is 6.61. The smallest absolute Gasteiger partial charge is 0.230 e. The molecule has 1 aromatic heterocycles. The van der Waals surface area contributed by atoms with Crippen LogP contribution in [0.2, 0.25) is 0 Å². The van der Waals surface area contributed by atoms with Gasteiger partial charge in [-0.15, -0.1) is 10.2 Å². The zero-order valence-corrected chi connectivity index (χ0v) is 11.2. The van der Waals surface area contributed by atoms with Crippen LogP contribution in [0.1, 0.15) is 5.56 Å². The topological polar surface area (TPSA) is 59.8 Å². The summed E-state index contributed by atoms with van der Waals surface area (Å²) in [6, 6.07) is 6.03. The van der Waals surface area contributed by atoms with Crippen molar-refractivity contribution >= 4 is 17.7 Å². The van der Waals surface area contributed by atoms with Crippen LogP contribution < -0.4 is 5.32 Å². The number of carbonyl (C=O) groups is 1. The van der Waals surface area contributed by atoms with Gasteiger partial charge in [-0.05, 0) is 17.7 Å². The number of benzene rings is 1. The Kier molecular flexibility index (Phi) is 4.51. The van der Waals surface area contributed by atoms with E-state index in [2.05, 4.69) is 15.5 Å². The van der Waals surface area contributed by atoms with Gasteiger partial charge in [0.05, 0.1) is 5.75 Å². The molecule has 0 bridgehead atoms. The second-order valence-electron chi connectivity index (χ2n) is 3.92. The predicted molar refractivity (Wildman–Crippen MR) is 70.0 cm³/mol. The summed E-state index contributed by atoms with van der Waals surface area (Å²) < 4.78 is 14.4. The van der Waals surface area contributed by atoms with E-state index in [0.717, 1.165) is 5.56 Å². The monoisotopic (exact) mass is 280 g/mol. The number of hydrogen-bond acceptors (Lipinski definition) is 4. The third kappa shape index (κ3) is 4.06. The number of nitrogens with one attached hydrogen (secondary N) is 1. The first-order valence-electron chi connectivity index (χ1n) is 5.63. The van der Waals surface area contributed by atoms with Crippen molar-refractivity contribution in [1.82, 2.24) is 20.1 Å². The van der Waals surface area contributed by atoms with Gasteiger partial charge in [-0.2, -0.15) is 0 Å². The molecule has 100 valence electrons. The molecule has 0 saturated heterocycles. The number of nitrogens with zero attached hydrogens (tertiary/aromatic N) is 3. The van der Waals surface area contributed by atoms with E-state index in [-0.39, 0.29) is 17.5 Å². The summed E-state index contributed by atoms with van der Waals surface area (Å²) >= 11 is 1.32. The molecular weight excluding hydrogens is 267 g/mol. The number of carbonyl (C=O) groups excluding carboxylic acids is 1. The highest BCUT2D eigenvalue weighted by Crippen LogP contribution is 2.12. The Labute approximate surface area is 114 Å². The Bertz CT molecular complexity index is 555. The van der Waals surface area contributed by atoms with Crippen LogP contribution in [0.25, 0.3) is 0 Å². The Morgan fingerprint density at radius 3 is 2.79 bits per heavy atom. The summed E-state index contributed by atoms with van der Waals surface area (Å²) in [6.45, 7) is 0.387. The van der Waals surface area contributed by atoms with Gasteiger partial charge in [-0.1, -0.05) is 23.9 Å². The summed E-state index contributed by atoms with van der Waals surface area (Å²) in [6.07, 6.45) is 1.58. The van der Waals surface area contributed by atoms with E-state index < -0.39 is 0 Å². The number of aryl methyl sites for hydroxylation is 1. The van der Waals surface area contributed by atoms with Gasteiger partial charge in [0.15, 0.2) is 5.16 Å². The average molecular weight is 280 g/mol. The van der Waals surface area contributed by atoms with Gasteiger partial charge < -0.3 is 9.88 Å². The van der Waals surface area contributed by atoms with Crippen LogP contribution in [0.15, 0.2) is 35.7 Å². The van der Waals surface area contributed by atoms with E-state index >= 15 is 0 Å². The zero-order valence-electron chi connectivity index (χ0n) is 10.3. The van der Waals surface area contributed by atoms with Crippen molar-refractivity contribution in [1.29, 1.82) is 0 Å². The van der Waals surface area contributed by atoms with E-state index in [1.165, 1.54) is 23.9 Å². The molecule has 19 heavy (non-hydrogen) atoms. The maximum absolute atomic E-state index is 12.7. The van der Waals surface area contributed by atoms with Crippen molar-refractivity contribution in [2.45, 2.75) is 11.7 Å². The molecule has 0 spiro atoms. The lowest BCUT2D eigenvalue weighted by molar-refractivity contribution is -0.118.